The van der Waals surface area contributed by atoms with Gasteiger partial charge in [-0.25, -0.2) is 0 Å². The second-order valence-corrected chi connectivity index (χ2v) is 6.54. The Bertz CT molecular complexity index is 698. The normalized spacial score (nSPS) is 12.5. The van der Waals surface area contributed by atoms with Gasteiger partial charge in [-0.3, -0.25) is 4.79 Å². The van der Waals surface area contributed by atoms with Crippen molar-refractivity contribution in [3.8, 4) is 5.75 Å². The zero-order valence-corrected chi connectivity index (χ0v) is 14.8. The number of para-hydroxylation sites is 1. The Labute approximate surface area is 147 Å². The molecule has 0 radical (unpaired) electrons. The average molecular weight is 348 g/mol. The van der Waals surface area contributed by atoms with Gasteiger partial charge in [-0.2, -0.15) is 0 Å². The quantitative estimate of drug-likeness (QED) is 0.841. The lowest BCUT2D eigenvalue weighted by atomic mass is 9.83. The van der Waals surface area contributed by atoms with E-state index in [-0.39, 0.29) is 12.5 Å². The Kier molecular flexibility index (Phi) is 5.86. The van der Waals surface area contributed by atoms with Gasteiger partial charge in [-0.05, 0) is 37.6 Å². The van der Waals surface area contributed by atoms with Crippen LogP contribution in [0.3, 0.4) is 0 Å². The molecule has 5 heteroatoms. The number of carbonyl (C=O) groups excluding carboxylic acids is 1. The molecule has 0 saturated carbocycles. The zero-order valence-electron chi connectivity index (χ0n) is 14.0. The fraction of sp³-hybridized carbons (Fsp3) is 0.316. The average Bonchev–Trinajstić information content (AvgIpc) is 2.59. The van der Waals surface area contributed by atoms with Crippen LogP contribution in [0.5, 0.6) is 5.75 Å². The van der Waals surface area contributed by atoms with Crippen LogP contribution in [0.1, 0.15) is 31.1 Å². The van der Waals surface area contributed by atoms with Crippen LogP contribution in [0.4, 0.5) is 0 Å². The molecule has 1 atom stereocenters. The minimum atomic E-state index is -0.792. The number of carbonyl (C=O) groups is 1. The molecule has 1 unspecified atom stereocenters. The number of methoxy groups -OCH3 is 1. The third-order valence-corrected chi connectivity index (χ3v) is 4.31. The van der Waals surface area contributed by atoms with Gasteiger partial charge in [0.2, 0.25) is 5.91 Å². The molecule has 0 aliphatic carbocycles. The Hall–Kier alpha value is -2.04. The molecule has 128 valence electrons. The summed E-state index contributed by atoms with van der Waals surface area (Å²) in [5.41, 5.74) is 0.715. The van der Waals surface area contributed by atoms with E-state index in [0.717, 1.165) is 5.56 Å². The van der Waals surface area contributed by atoms with Gasteiger partial charge in [0.05, 0.1) is 18.6 Å². The molecule has 0 saturated heterocycles. The lowest BCUT2D eigenvalue weighted by Gasteiger charge is -2.26. The first-order valence-corrected chi connectivity index (χ1v) is 8.09. The minimum Gasteiger partial charge on any atom is -0.496 e. The van der Waals surface area contributed by atoms with E-state index in [0.29, 0.717) is 16.3 Å². The van der Waals surface area contributed by atoms with Crippen molar-refractivity contribution < 1.29 is 14.6 Å². The highest BCUT2D eigenvalue weighted by molar-refractivity contribution is 6.30. The van der Waals surface area contributed by atoms with Crippen molar-refractivity contribution in [2.75, 3.05) is 13.7 Å². The second-order valence-electron chi connectivity index (χ2n) is 6.10. The van der Waals surface area contributed by atoms with Crippen LogP contribution in [-0.2, 0) is 10.2 Å². The first-order valence-electron chi connectivity index (χ1n) is 7.71. The zero-order chi connectivity index (χ0) is 17.7. The number of amides is 1. The number of ether oxygens (including phenoxy) is 1. The van der Waals surface area contributed by atoms with Crippen LogP contribution in [0, 0.1) is 0 Å². The van der Waals surface area contributed by atoms with Crippen molar-refractivity contribution in [3.63, 3.8) is 0 Å². The van der Waals surface area contributed by atoms with Crippen molar-refractivity contribution in [2.45, 2.75) is 25.4 Å². The molecule has 2 aromatic carbocycles. The number of hydrogen-bond donors (Lipinski definition) is 2. The Morgan fingerprint density at radius 3 is 2.46 bits per heavy atom. The second kappa shape index (κ2) is 7.69. The minimum absolute atomic E-state index is 0.124. The molecule has 2 rings (SSSR count). The van der Waals surface area contributed by atoms with Crippen LogP contribution in [0.2, 0.25) is 5.02 Å². The third-order valence-electron chi connectivity index (χ3n) is 4.06. The van der Waals surface area contributed by atoms with Gasteiger partial charge >= 0.3 is 0 Å². The Morgan fingerprint density at radius 2 is 1.83 bits per heavy atom. The molecule has 1 amide bonds. The largest absolute Gasteiger partial charge is 0.496 e. The van der Waals surface area contributed by atoms with E-state index in [9.17, 15) is 9.90 Å². The number of benzene rings is 2. The fourth-order valence-corrected chi connectivity index (χ4v) is 2.62. The predicted octanol–water partition coefficient (Wildman–Crippen LogP) is 3.48. The van der Waals surface area contributed by atoms with E-state index in [1.807, 2.05) is 38.1 Å². The van der Waals surface area contributed by atoms with Gasteiger partial charge in [0.1, 0.15) is 5.75 Å². The van der Waals surface area contributed by atoms with Gasteiger partial charge in [0.25, 0.3) is 0 Å². The van der Waals surface area contributed by atoms with E-state index in [4.69, 9.17) is 16.3 Å². The number of nitrogens with one attached hydrogen (secondary N) is 1. The SMILES string of the molecule is COc1ccccc1C(C)(C)C(=O)NCC(O)c1ccc(Cl)cc1. The van der Waals surface area contributed by atoms with Gasteiger partial charge < -0.3 is 15.2 Å². The summed E-state index contributed by atoms with van der Waals surface area (Å²) in [6, 6.07) is 14.3. The summed E-state index contributed by atoms with van der Waals surface area (Å²) in [6.07, 6.45) is -0.792. The lowest BCUT2D eigenvalue weighted by Crippen LogP contribution is -2.42. The van der Waals surface area contributed by atoms with E-state index >= 15 is 0 Å². The summed E-state index contributed by atoms with van der Waals surface area (Å²) in [6.45, 7) is 3.78. The maximum absolute atomic E-state index is 12.6. The van der Waals surface area contributed by atoms with Crippen LogP contribution >= 0.6 is 11.6 Å². The molecule has 0 aliphatic heterocycles. The fourth-order valence-electron chi connectivity index (χ4n) is 2.50. The van der Waals surface area contributed by atoms with E-state index in [1.165, 1.54) is 0 Å². The maximum atomic E-state index is 12.6. The molecule has 0 spiro atoms. The summed E-state index contributed by atoms with van der Waals surface area (Å²) in [5, 5.41) is 13.6. The molecular formula is C19H22ClNO3. The number of hydrogen-bond acceptors (Lipinski definition) is 3. The molecule has 0 fully saturated rings. The lowest BCUT2D eigenvalue weighted by molar-refractivity contribution is -0.126. The number of rotatable bonds is 6. The molecule has 2 aromatic rings. The predicted molar refractivity (Wildman–Crippen MR) is 95.4 cm³/mol. The third kappa shape index (κ3) is 4.08. The highest BCUT2D eigenvalue weighted by atomic mass is 35.5. The first kappa shape index (κ1) is 18.3. The number of aliphatic hydroxyl groups is 1. The number of aliphatic hydroxyl groups excluding tert-OH is 1. The van der Waals surface area contributed by atoms with Crippen LogP contribution in [0.25, 0.3) is 0 Å². The Morgan fingerprint density at radius 1 is 1.21 bits per heavy atom. The first-order chi connectivity index (χ1) is 11.4. The monoisotopic (exact) mass is 347 g/mol. The molecule has 0 heterocycles. The topological polar surface area (TPSA) is 58.6 Å². The van der Waals surface area contributed by atoms with E-state index in [2.05, 4.69) is 5.32 Å². The van der Waals surface area contributed by atoms with Gasteiger partial charge in [0, 0.05) is 17.1 Å². The molecule has 24 heavy (non-hydrogen) atoms. The molecular weight excluding hydrogens is 326 g/mol. The van der Waals surface area contributed by atoms with E-state index in [1.54, 1.807) is 31.4 Å². The van der Waals surface area contributed by atoms with Crippen molar-refractivity contribution in [2.24, 2.45) is 0 Å². The van der Waals surface area contributed by atoms with Crippen molar-refractivity contribution in [1.29, 1.82) is 0 Å². The standard InChI is InChI=1S/C19H22ClNO3/c1-19(2,15-6-4-5-7-17(15)24-3)18(23)21-12-16(22)13-8-10-14(20)11-9-13/h4-11,16,22H,12H2,1-3H3,(H,21,23). The molecule has 4 nitrogen and oxygen atoms in total. The van der Waals surface area contributed by atoms with Gasteiger partial charge in [-0.1, -0.05) is 41.9 Å². The highest BCUT2D eigenvalue weighted by Gasteiger charge is 2.32. The van der Waals surface area contributed by atoms with Crippen molar-refractivity contribution >= 4 is 17.5 Å². The smallest absolute Gasteiger partial charge is 0.230 e. The highest BCUT2D eigenvalue weighted by Crippen LogP contribution is 2.31. The molecule has 0 aliphatic rings. The number of halogens is 1. The van der Waals surface area contributed by atoms with Gasteiger partial charge in [-0.15, -0.1) is 0 Å². The van der Waals surface area contributed by atoms with Crippen molar-refractivity contribution in [3.05, 3.63) is 64.7 Å². The van der Waals surface area contributed by atoms with Crippen molar-refractivity contribution in [1.82, 2.24) is 5.32 Å². The summed E-state index contributed by atoms with van der Waals surface area (Å²) >= 11 is 5.84. The molecule has 0 bridgehead atoms. The summed E-state index contributed by atoms with van der Waals surface area (Å²) in [5.74, 6) is 0.482. The van der Waals surface area contributed by atoms with Crippen LogP contribution < -0.4 is 10.1 Å². The molecule has 0 aromatic heterocycles. The van der Waals surface area contributed by atoms with Crippen LogP contribution in [0.15, 0.2) is 48.5 Å². The Balaban J connectivity index is 2.06. The summed E-state index contributed by atoms with van der Waals surface area (Å²) < 4.78 is 5.35. The molecule has 2 N–H and O–H groups in total. The van der Waals surface area contributed by atoms with Crippen LogP contribution in [-0.4, -0.2) is 24.7 Å². The van der Waals surface area contributed by atoms with Gasteiger partial charge in [0.15, 0.2) is 0 Å². The summed E-state index contributed by atoms with van der Waals surface area (Å²) in [7, 11) is 1.58. The van der Waals surface area contributed by atoms with E-state index < -0.39 is 11.5 Å². The summed E-state index contributed by atoms with van der Waals surface area (Å²) in [4.78, 5) is 12.6. The maximum Gasteiger partial charge on any atom is 0.230 e.